The smallest absolute Gasteiger partial charge is 0.306 e. The summed E-state index contributed by atoms with van der Waals surface area (Å²) in [6.45, 7) is 3.83. The molecule has 0 aromatic heterocycles. The number of rotatable bonds is 58. The summed E-state index contributed by atoms with van der Waals surface area (Å²) in [7, 11) is 0. The van der Waals surface area contributed by atoms with Crippen LogP contribution in [-0.4, -0.2) is 36.4 Å². The third-order valence-corrected chi connectivity index (χ3v) is 13.0. The Bertz CT molecular complexity index is 2290. The summed E-state index contributed by atoms with van der Waals surface area (Å²) in [6.07, 6.45) is 127. The molecule has 0 spiro atoms. The second-order valence-electron chi connectivity index (χ2n) is 21.1. The molecule has 0 aliphatic carbocycles. The number of carbonyl (C=O) groups excluding carboxylic acids is 2. The van der Waals surface area contributed by atoms with E-state index in [0.29, 0.717) is 12.8 Å². The average Bonchev–Trinajstić information content (AvgIpc) is 3.54. The highest BCUT2D eigenvalue weighted by Gasteiger charge is 2.16. The molecule has 0 aromatic rings. The van der Waals surface area contributed by atoms with Crippen LogP contribution < -0.4 is 0 Å². The third kappa shape index (κ3) is 71.7. The number of hydrogen-bond donors (Lipinski definition) is 1. The van der Waals surface area contributed by atoms with Gasteiger partial charge < -0.3 is 14.6 Å². The maximum atomic E-state index is 12.3. The number of unbranched alkanes of at least 4 members (excludes halogenated alkanes) is 6. The number of allylic oxidation sites excluding steroid dienone is 44. The predicted molar refractivity (Wildman–Crippen MR) is 388 cm³/mol. The van der Waals surface area contributed by atoms with Crippen LogP contribution in [0.25, 0.3) is 0 Å². The van der Waals surface area contributed by atoms with E-state index >= 15 is 0 Å². The van der Waals surface area contributed by atoms with Crippen LogP contribution in [0.4, 0.5) is 0 Å². The van der Waals surface area contributed by atoms with Crippen molar-refractivity contribution < 1.29 is 24.2 Å². The van der Waals surface area contributed by atoms with Crippen molar-refractivity contribution in [1.82, 2.24) is 0 Å². The lowest BCUT2D eigenvalue weighted by Crippen LogP contribution is -2.28. The van der Waals surface area contributed by atoms with Crippen LogP contribution in [0.2, 0.25) is 0 Å². The van der Waals surface area contributed by atoms with Gasteiger partial charge >= 0.3 is 11.9 Å². The minimum atomic E-state index is -0.831. The Morgan fingerprint density at radius 1 is 0.261 bits per heavy atom. The molecule has 5 heteroatoms. The maximum Gasteiger partial charge on any atom is 0.306 e. The fourth-order valence-corrected chi connectivity index (χ4v) is 8.03. The molecule has 0 heterocycles. The number of ether oxygens (including phenoxy) is 2. The van der Waals surface area contributed by atoms with E-state index in [1.807, 2.05) is 0 Å². The first-order chi connectivity index (χ1) is 43.6. The number of esters is 2. The van der Waals surface area contributed by atoms with Gasteiger partial charge in [0.2, 0.25) is 0 Å². The second kappa shape index (κ2) is 74.4. The molecular formula is C83H120O5. The molecule has 0 radical (unpaired) electrons. The molecule has 1 unspecified atom stereocenters. The molecule has 482 valence electrons. The zero-order valence-electron chi connectivity index (χ0n) is 55.1. The normalized spacial score (nSPS) is 14.0. The van der Waals surface area contributed by atoms with Gasteiger partial charge in [-0.2, -0.15) is 0 Å². The Labute approximate surface area is 539 Å². The quantitative estimate of drug-likeness (QED) is 0.0373. The zero-order chi connectivity index (χ0) is 63.3. The van der Waals surface area contributed by atoms with Gasteiger partial charge in [0, 0.05) is 12.8 Å². The summed E-state index contributed by atoms with van der Waals surface area (Å²) in [5.74, 6) is -0.696. The molecule has 5 nitrogen and oxygen atoms in total. The van der Waals surface area contributed by atoms with E-state index in [0.717, 1.165) is 186 Å². The molecule has 0 saturated carbocycles. The molecule has 0 amide bonds. The summed E-state index contributed by atoms with van der Waals surface area (Å²) in [5, 5.41) is 9.68. The molecule has 1 N–H and O–H groups in total. The fourth-order valence-electron chi connectivity index (χ4n) is 8.03. The van der Waals surface area contributed by atoms with Crippen LogP contribution in [0.15, 0.2) is 267 Å². The maximum absolute atomic E-state index is 12.3. The lowest BCUT2D eigenvalue weighted by molar-refractivity contribution is -0.161. The summed E-state index contributed by atoms with van der Waals surface area (Å²) >= 11 is 0. The topological polar surface area (TPSA) is 72.8 Å². The van der Waals surface area contributed by atoms with E-state index in [1.165, 1.54) is 0 Å². The third-order valence-electron chi connectivity index (χ3n) is 13.0. The lowest BCUT2D eigenvalue weighted by atomic mass is 10.1. The molecule has 0 aliphatic heterocycles. The Balaban J connectivity index is 3.76. The van der Waals surface area contributed by atoms with Crippen LogP contribution in [-0.2, 0) is 19.1 Å². The summed E-state index contributed by atoms with van der Waals surface area (Å²) in [4.78, 5) is 24.6. The van der Waals surface area contributed by atoms with Crippen molar-refractivity contribution in [3.05, 3.63) is 267 Å². The van der Waals surface area contributed by atoms with E-state index in [2.05, 4.69) is 281 Å². The van der Waals surface area contributed by atoms with E-state index in [9.17, 15) is 14.7 Å². The monoisotopic (exact) mass is 1200 g/mol. The summed E-state index contributed by atoms with van der Waals surface area (Å²) < 4.78 is 10.7. The molecule has 1 atom stereocenters. The van der Waals surface area contributed by atoms with Crippen LogP contribution >= 0.6 is 0 Å². The van der Waals surface area contributed by atoms with E-state index in [-0.39, 0.29) is 31.6 Å². The van der Waals surface area contributed by atoms with Gasteiger partial charge in [-0.25, -0.2) is 0 Å². The zero-order valence-corrected chi connectivity index (χ0v) is 55.1. The van der Waals surface area contributed by atoms with Gasteiger partial charge in [-0.15, -0.1) is 0 Å². The van der Waals surface area contributed by atoms with Gasteiger partial charge in [0.05, 0.1) is 6.61 Å². The highest BCUT2D eigenvalue weighted by atomic mass is 16.6. The van der Waals surface area contributed by atoms with Crippen LogP contribution in [0.5, 0.6) is 0 Å². The first-order valence-electron chi connectivity index (χ1n) is 33.9. The van der Waals surface area contributed by atoms with Crippen molar-refractivity contribution in [2.75, 3.05) is 13.2 Å². The van der Waals surface area contributed by atoms with Crippen LogP contribution in [0.3, 0.4) is 0 Å². The highest BCUT2D eigenvalue weighted by molar-refractivity contribution is 5.70. The van der Waals surface area contributed by atoms with E-state index in [4.69, 9.17) is 9.47 Å². The first kappa shape index (κ1) is 81.2. The van der Waals surface area contributed by atoms with Gasteiger partial charge in [-0.1, -0.05) is 294 Å². The lowest BCUT2D eigenvalue weighted by Gasteiger charge is -2.15. The van der Waals surface area contributed by atoms with Gasteiger partial charge in [0.15, 0.2) is 6.10 Å². The van der Waals surface area contributed by atoms with Crippen molar-refractivity contribution >= 4 is 11.9 Å². The Morgan fingerprint density at radius 3 is 0.693 bits per heavy atom. The minimum absolute atomic E-state index is 0.117. The van der Waals surface area contributed by atoms with Crippen LogP contribution in [0.1, 0.15) is 219 Å². The molecule has 0 bridgehead atoms. The average molecular weight is 1200 g/mol. The number of aliphatic hydroxyl groups excluding tert-OH is 1. The van der Waals surface area contributed by atoms with E-state index < -0.39 is 6.10 Å². The SMILES string of the molecule is CC/C=C\C/C=C\C/C=C\C/C=C\C/C=C\C/C=C\C/C=C\C/C=C\C/C=C\C/C=C\C/C=C\C/C=C\CCCCC(=O)OC(CO)COC(=O)CCCCCC/C=C\C/C=C\C/C=C\C/C=C\C/C=C\C/C=C\C/C=C\C/C=C\C/C=C\C/C=C\CC. The van der Waals surface area contributed by atoms with Gasteiger partial charge in [-0.05, 0) is 180 Å². The summed E-state index contributed by atoms with van der Waals surface area (Å²) in [5.41, 5.74) is 0. The largest absolute Gasteiger partial charge is 0.462 e. The fraction of sp³-hybridized carbons (Fsp3) is 0.446. The predicted octanol–water partition coefficient (Wildman–Crippen LogP) is 24.2. The Kier molecular flexibility index (Phi) is 68.7. The Morgan fingerprint density at radius 2 is 0.455 bits per heavy atom. The molecule has 0 fully saturated rings. The number of hydrogen-bond acceptors (Lipinski definition) is 5. The van der Waals surface area contributed by atoms with Crippen molar-refractivity contribution in [3.8, 4) is 0 Å². The minimum Gasteiger partial charge on any atom is -0.462 e. The van der Waals surface area contributed by atoms with Crippen molar-refractivity contribution in [1.29, 1.82) is 0 Å². The molecule has 88 heavy (non-hydrogen) atoms. The van der Waals surface area contributed by atoms with Gasteiger partial charge in [0.25, 0.3) is 0 Å². The van der Waals surface area contributed by atoms with Crippen molar-refractivity contribution in [2.45, 2.75) is 225 Å². The van der Waals surface area contributed by atoms with Crippen molar-refractivity contribution in [3.63, 3.8) is 0 Å². The highest BCUT2D eigenvalue weighted by Crippen LogP contribution is 2.10. The van der Waals surface area contributed by atoms with E-state index in [1.54, 1.807) is 0 Å². The van der Waals surface area contributed by atoms with Gasteiger partial charge in [-0.3, -0.25) is 9.59 Å². The number of aliphatic hydroxyl groups is 1. The first-order valence-corrected chi connectivity index (χ1v) is 33.9. The van der Waals surface area contributed by atoms with Gasteiger partial charge in [0.1, 0.15) is 6.61 Å². The van der Waals surface area contributed by atoms with Crippen molar-refractivity contribution in [2.24, 2.45) is 0 Å². The molecule has 0 rings (SSSR count). The Hall–Kier alpha value is -6.82. The second-order valence-corrected chi connectivity index (χ2v) is 21.1. The van der Waals surface area contributed by atoms with Crippen LogP contribution in [0, 0.1) is 0 Å². The summed E-state index contributed by atoms with van der Waals surface area (Å²) in [6, 6.07) is 0. The molecule has 0 saturated heterocycles. The molecule has 0 aromatic carbocycles. The number of carbonyl (C=O) groups is 2. The standard InChI is InChI=1S/C83H120O5/c1-3-5-7-9-11-13-15-17-19-21-23-25-27-29-31-33-35-37-39-40-41-42-44-46-48-50-52-54-56-58-60-62-64-66-68-70-72-74-76-78-83(86)88-81(79-84)80-87-82(85)77-75-73-71-69-67-65-63-61-59-57-55-53-51-49-47-45-43-38-36-34-32-30-28-26-24-22-20-18-16-14-12-10-8-6-4-2/h5-8,11-14,17-20,23-26,29-32,35-38,40-41,44-47,50-53,56-59,62-65,68,70,81,84H,3-4,9-10,15-16,21-22,27-28,33-34,39,42-43,48-49,54-55,60-61,66-67,69,71-80H2,1-2H3/b7-5-,8-6-,13-11-,14-12-,19-17-,20-18-,25-23-,26-24-,31-29-,32-30-,37-35-,38-36-,41-40-,46-44-,47-45-,52-50-,53-51-,58-56-,59-57-,64-62-,65-63-,70-68-. The molecular weight excluding hydrogens is 1080 g/mol. The molecule has 0 aliphatic rings.